The van der Waals surface area contributed by atoms with E-state index in [1.54, 1.807) is 13.1 Å². The Kier molecular flexibility index (Phi) is 4.26. The Morgan fingerprint density at radius 1 is 1.47 bits per heavy atom. The van der Waals surface area contributed by atoms with Gasteiger partial charge in [0, 0.05) is 18.1 Å². The van der Waals surface area contributed by atoms with Crippen LogP contribution in [0.25, 0.3) is 0 Å². The molecule has 1 N–H and O–H groups in total. The Morgan fingerprint density at radius 3 is 2.74 bits per heavy atom. The summed E-state index contributed by atoms with van der Waals surface area (Å²) >= 11 is 3.23. The number of rotatable bonds is 3. The summed E-state index contributed by atoms with van der Waals surface area (Å²) in [5.41, 5.74) is -0.786. The second-order valence-corrected chi connectivity index (χ2v) is 6.13. The maximum absolute atomic E-state index is 13.7. The van der Waals surface area contributed by atoms with Gasteiger partial charge in [-0.3, -0.25) is 4.79 Å². The fraction of sp³-hybridized carbons (Fsp3) is 0.500. The van der Waals surface area contributed by atoms with E-state index in [2.05, 4.69) is 15.9 Å². The van der Waals surface area contributed by atoms with Crippen molar-refractivity contribution in [2.75, 3.05) is 13.6 Å². The minimum atomic E-state index is -0.813. The number of nitrogens with zero attached hydrogens (tertiary/aromatic N) is 1. The van der Waals surface area contributed by atoms with Crippen LogP contribution < -0.4 is 0 Å². The fourth-order valence-electron chi connectivity index (χ4n) is 2.57. The number of likely N-dealkylation sites (N-methyl/N-ethyl adjacent to an activating group) is 1. The topological polar surface area (TPSA) is 40.5 Å². The van der Waals surface area contributed by atoms with Gasteiger partial charge < -0.3 is 10.0 Å². The lowest BCUT2D eigenvalue weighted by molar-refractivity contribution is 0.0155. The average molecular weight is 330 g/mol. The monoisotopic (exact) mass is 329 g/mol. The quantitative estimate of drug-likeness (QED) is 0.926. The highest BCUT2D eigenvalue weighted by Crippen LogP contribution is 2.30. The third kappa shape index (κ3) is 3.34. The second kappa shape index (κ2) is 5.59. The van der Waals surface area contributed by atoms with Crippen LogP contribution in [0.4, 0.5) is 4.39 Å². The molecule has 0 aliphatic heterocycles. The van der Waals surface area contributed by atoms with E-state index in [0.29, 0.717) is 17.3 Å². The van der Waals surface area contributed by atoms with E-state index in [1.807, 2.05) is 0 Å². The van der Waals surface area contributed by atoms with Gasteiger partial charge in [-0.15, -0.1) is 0 Å². The molecule has 0 saturated heterocycles. The summed E-state index contributed by atoms with van der Waals surface area (Å²) in [6.07, 6.45) is 3.35. The molecule has 1 aromatic carbocycles. The molecule has 3 nitrogen and oxygen atoms in total. The van der Waals surface area contributed by atoms with Crippen molar-refractivity contribution in [1.82, 2.24) is 4.90 Å². The molecule has 1 saturated carbocycles. The van der Waals surface area contributed by atoms with Gasteiger partial charge in [-0.2, -0.15) is 0 Å². The zero-order valence-electron chi connectivity index (χ0n) is 10.8. The second-order valence-electron chi connectivity index (χ2n) is 5.22. The predicted molar refractivity (Wildman–Crippen MR) is 74.5 cm³/mol. The van der Waals surface area contributed by atoms with Crippen LogP contribution in [0.15, 0.2) is 22.7 Å². The van der Waals surface area contributed by atoms with Crippen molar-refractivity contribution < 1.29 is 14.3 Å². The van der Waals surface area contributed by atoms with Gasteiger partial charge in [0.1, 0.15) is 5.82 Å². The van der Waals surface area contributed by atoms with Crippen molar-refractivity contribution in [3.05, 3.63) is 34.1 Å². The molecule has 1 aromatic rings. The van der Waals surface area contributed by atoms with E-state index in [4.69, 9.17) is 0 Å². The molecule has 0 atom stereocenters. The van der Waals surface area contributed by atoms with Crippen molar-refractivity contribution in [1.29, 1.82) is 0 Å². The van der Waals surface area contributed by atoms with Crippen molar-refractivity contribution in [2.45, 2.75) is 31.3 Å². The Morgan fingerprint density at radius 2 is 2.11 bits per heavy atom. The predicted octanol–water partition coefficient (Wildman–Crippen LogP) is 2.97. The van der Waals surface area contributed by atoms with E-state index >= 15 is 0 Å². The highest BCUT2D eigenvalue weighted by atomic mass is 79.9. The minimum Gasteiger partial charge on any atom is -0.388 e. The summed E-state index contributed by atoms with van der Waals surface area (Å²) in [5.74, 6) is -0.947. The molecule has 104 valence electrons. The van der Waals surface area contributed by atoms with Crippen molar-refractivity contribution >= 4 is 21.8 Å². The van der Waals surface area contributed by atoms with Crippen LogP contribution in [0.1, 0.15) is 36.0 Å². The first-order valence-corrected chi connectivity index (χ1v) is 7.13. The van der Waals surface area contributed by atoms with Gasteiger partial charge in [0.2, 0.25) is 0 Å². The molecule has 0 aromatic heterocycles. The van der Waals surface area contributed by atoms with Gasteiger partial charge in [0.25, 0.3) is 5.91 Å². The molecule has 0 bridgehead atoms. The summed E-state index contributed by atoms with van der Waals surface area (Å²) in [5, 5.41) is 10.3. The zero-order valence-corrected chi connectivity index (χ0v) is 12.4. The molecule has 2 rings (SSSR count). The van der Waals surface area contributed by atoms with Crippen LogP contribution in [0.3, 0.4) is 0 Å². The molecule has 1 amide bonds. The average Bonchev–Trinajstić information content (AvgIpc) is 2.78. The van der Waals surface area contributed by atoms with Gasteiger partial charge in [0.05, 0.1) is 11.2 Å². The molecular formula is C14H17BrFNO2. The third-order valence-electron chi connectivity index (χ3n) is 3.57. The number of amides is 1. The van der Waals surface area contributed by atoms with Gasteiger partial charge >= 0.3 is 0 Å². The van der Waals surface area contributed by atoms with Crippen LogP contribution in [0.5, 0.6) is 0 Å². The Hall–Kier alpha value is -0.940. The molecule has 0 radical (unpaired) electrons. The molecule has 0 unspecified atom stereocenters. The Balaban J connectivity index is 2.12. The SMILES string of the molecule is CN(CC1(O)CCCC1)C(=O)c1cc(Br)ccc1F. The number of benzene rings is 1. The van der Waals surface area contributed by atoms with E-state index in [0.717, 1.165) is 12.8 Å². The highest BCUT2D eigenvalue weighted by molar-refractivity contribution is 9.10. The Bertz CT molecular complexity index is 486. The van der Waals surface area contributed by atoms with E-state index < -0.39 is 17.3 Å². The normalized spacial score (nSPS) is 17.5. The van der Waals surface area contributed by atoms with Crippen LogP contribution >= 0.6 is 15.9 Å². The largest absolute Gasteiger partial charge is 0.388 e. The van der Waals surface area contributed by atoms with E-state index in [-0.39, 0.29) is 12.1 Å². The van der Waals surface area contributed by atoms with Crippen LogP contribution in [-0.4, -0.2) is 35.1 Å². The number of carbonyl (C=O) groups excluding carboxylic acids is 1. The number of halogens is 2. The fourth-order valence-corrected chi connectivity index (χ4v) is 2.93. The van der Waals surface area contributed by atoms with Crippen molar-refractivity contribution in [3.8, 4) is 0 Å². The summed E-state index contributed by atoms with van der Waals surface area (Å²) in [6, 6.07) is 4.28. The molecule has 0 spiro atoms. The molecule has 19 heavy (non-hydrogen) atoms. The molecule has 5 heteroatoms. The number of carbonyl (C=O) groups is 1. The first-order valence-electron chi connectivity index (χ1n) is 6.34. The first kappa shape index (κ1) is 14.5. The lowest BCUT2D eigenvalue weighted by Crippen LogP contribution is -2.42. The summed E-state index contributed by atoms with van der Waals surface area (Å²) < 4.78 is 14.3. The lowest BCUT2D eigenvalue weighted by atomic mass is 10.0. The van der Waals surface area contributed by atoms with Gasteiger partial charge in [-0.1, -0.05) is 28.8 Å². The summed E-state index contributed by atoms with van der Waals surface area (Å²) in [4.78, 5) is 13.6. The van der Waals surface area contributed by atoms with Crippen LogP contribution in [0.2, 0.25) is 0 Å². The van der Waals surface area contributed by atoms with Crippen LogP contribution in [-0.2, 0) is 0 Å². The number of aliphatic hydroxyl groups is 1. The van der Waals surface area contributed by atoms with Gasteiger partial charge in [-0.05, 0) is 31.0 Å². The first-order chi connectivity index (χ1) is 8.91. The maximum Gasteiger partial charge on any atom is 0.256 e. The number of hydrogen-bond acceptors (Lipinski definition) is 2. The number of hydrogen-bond donors (Lipinski definition) is 1. The van der Waals surface area contributed by atoms with Gasteiger partial charge in [0.15, 0.2) is 0 Å². The highest BCUT2D eigenvalue weighted by Gasteiger charge is 2.34. The Labute approximate surface area is 120 Å². The summed E-state index contributed by atoms with van der Waals surface area (Å²) in [7, 11) is 1.60. The molecule has 0 heterocycles. The van der Waals surface area contributed by atoms with Crippen molar-refractivity contribution in [3.63, 3.8) is 0 Å². The van der Waals surface area contributed by atoms with E-state index in [1.165, 1.54) is 17.0 Å². The summed E-state index contributed by atoms with van der Waals surface area (Å²) in [6.45, 7) is 0.248. The zero-order chi connectivity index (χ0) is 14.0. The molecule has 1 aliphatic carbocycles. The standard InChI is InChI=1S/C14H17BrFNO2/c1-17(9-14(19)6-2-3-7-14)13(18)11-8-10(15)4-5-12(11)16/h4-5,8,19H,2-3,6-7,9H2,1H3. The maximum atomic E-state index is 13.7. The minimum absolute atomic E-state index is 0.0264. The third-order valence-corrected chi connectivity index (χ3v) is 4.06. The van der Waals surface area contributed by atoms with E-state index in [9.17, 15) is 14.3 Å². The smallest absolute Gasteiger partial charge is 0.256 e. The van der Waals surface area contributed by atoms with Crippen LogP contribution in [0, 0.1) is 5.82 Å². The lowest BCUT2D eigenvalue weighted by Gasteiger charge is -2.28. The van der Waals surface area contributed by atoms with Crippen molar-refractivity contribution in [2.24, 2.45) is 0 Å². The molecular weight excluding hydrogens is 313 g/mol. The van der Waals surface area contributed by atoms with Gasteiger partial charge in [-0.25, -0.2) is 4.39 Å². The molecule has 1 fully saturated rings. The molecule has 1 aliphatic rings.